The summed E-state index contributed by atoms with van der Waals surface area (Å²) in [6.45, 7) is 4.28. The zero-order valence-electron chi connectivity index (χ0n) is 17.8. The molecule has 2 aromatic rings. The Hall–Kier alpha value is -3.35. The van der Waals surface area contributed by atoms with Gasteiger partial charge in [-0.15, -0.1) is 0 Å². The zero-order chi connectivity index (χ0) is 22.4. The summed E-state index contributed by atoms with van der Waals surface area (Å²) in [7, 11) is 0. The van der Waals surface area contributed by atoms with Crippen molar-refractivity contribution in [3.8, 4) is 5.75 Å². The summed E-state index contributed by atoms with van der Waals surface area (Å²) in [4.78, 5) is 38.2. The quantitative estimate of drug-likeness (QED) is 0.581. The number of carbonyl (C=O) groups is 3. The smallest absolute Gasteiger partial charge is 0.335 e. The molecule has 3 rings (SSSR count). The third-order valence-electron chi connectivity index (χ3n) is 5.81. The Morgan fingerprint density at radius 2 is 1.77 bits per heavy atom. The molecule has 1 heterocycles. The molecule has 2 atom stereocenters. The maximum atomic E-state index is 13.1. The number of hydrogen-bond acceptors (Lipinski definition) is 4. The molecule has 0 unspecified atom stereocenters. The SMILES string of the molecule is CCCC[C@]1(CC)C(=O)N(C(=O)NCc2ccccc2)[C@H]1Oc1ccc(C(=O)O)cc1. The van der Waals surface area contributed by atoms with E-state index in [1.807, 2.05) is 37.3 Å². The van der Waals surface area contributed by atoms with E-state index in [1.54, 1.807) is 12.1 Å². The largest absolute Gasteiger partial charge is 0.478 e. The van der Waals surface area contributed by atoms with Gasteiger partial charge in [-0.25, -0.2) is 14.5 Å². The molecule has 31 heavy (non-hydrogen) atoms. The zero-order valence-corrected chi connectivity index (χ0v) is 17.8. The van der Waals surface area contributed by atoms with Crippen LogP contribution >= 0.6 is 0 Å². The summed E-state index contributed by atoms with van der Waals surface area (Å²) < 4.78 is 6.10. The van der Waals surface area contributed by atoms with Crippen molar-refractivity contribution in [3.63, 3.8) is 0 Å². The van der Waals surface area contributed by atoms with Crippen molar-refractivity contribution < 1.29 is 24.2 Å². The normalized spacial score (nSPS) is 20.1. The lowest BCUT2D eigenvalue weighted by atomic mass is 9.70. The molecule has 1 aliphatic rings. The fourth-order valence-corrected chi connectivity index (χ4v) is 3.89. The van der Waals surface area contributed by atoms with E-state index in [1.165, 1.54) is 12.1 Å². The fourth-order valence-electron chi connectivity index (χ4n) is 3.89. The molecule has 0 bridgehead atoms. The number of likely N-dealkylation sites (tertiary alicyclic amines) is 1. The van der Waals surface area contributed by atoms with Crippen LogP contribution in [0.5, 0.6) is 5.75 Å². The van der Waals surface area contributed by atoms with Crippen LogP contribution in [0, 0.1) is 5.41 Å². The minimum absolute atomic E-state index is 0.141. The molecule has 7 heteroatoms. The first-order valence-electron chi connectivity index (χ1n) is 10.6. The summed E-state index contributed by atoms with van der Waals surface area (Å²) in [5.41, 5.74) is 0.298. The monoisotopic (exact) mass is 424 g/mol. The van der Waals surface area contributed by atoms with Gasteiger partial charge in [-0.2, -0.15) is 0 Å². The molecular weight excluding hydrogens is 396 g/mol. The first-order chi connectivity index (χ1) is 14.9. The lowest BCUT2D eigenvalue weighted by Gasteiger charge is -2.53. The van der Waals surface area contributed by atoms with Crippen LogP contribution < -0.4 is 10.1 Å². The molecule has 1 saturated heterocycles. The summed E-state index contributed by atoms with van der Waals surface area (Å²) in [6, 6.07) is 14.9. The van der Waals surface area contributed by atoms with Crippen LogP contribution in [-0.2, 0) is 11.3 Å². The Bertz CT molecular complexity index is 929. The molecular formula is C24H28N2O5. The molecule has 1 aliphatic heterocycles. The van der Waals surface area contributed by atoms with Gasteiger partial charge in [0.1, 0.15) is 11.2 Å². The molecule has 0 spiro atoms. The third-order valence-corrected chi connectivity index (χ3v) is 5.81. The van der Waals surface area contributed by atoms with Crippen molar-refractivity contribution in [1.82, 2.24) is 10.2 Å². The Balaban J connectivity index is 1.80. The molecule has 2 N–H and O–H groups in total. The second-order valence-corrected chi connectivity index (χ2v) is 7.73. The van der Waals surface area contributed by atoms with E-state index in [2.05, 4.69) is 12.2 Å². The van der Waals surface area contributed by atoms with Crippen LogP contribution in [0.2, 0.25) is 0 Å². The summed E-state index contributed by atoms with van der Waals surface area (Å²) in [5, 5.41) is 11.9. The van der Waals surface area contributed by atoms with Crippen molar-refractivity contribution in [1.29, 1.82) is 0 Å². The summed E-state index contributed by atoms with van der Waals surface area (Å²) >= 11 is 0. The van der Waals surface area contributed by atoms with E-state index in [0.29, 0.717) is 25.1 Å². The van der Waals surface area contributed by atoms with Gasteiger partial charge in [0.25, 0.3) is 0 Å². The van der Waals surface area contributed by atoms with Crippen LogP contribution in [0.15, 0.2) is 54.6 Å². The van der Waals surface area contributed by atoms with E-state index in [0.717, 1.165) is 23.3 Å². The topological polar surface area (TPSA) is 95.9 Å². The predicted molar refractivity (Wildman–Crippen MR) is 116 cm³/mol. The number of nitrogens with one attached hydrogen (secondary N) is 1. The minimum Gasteiger partial charge on any atom is -0.478 e. The van der Waals surface area contributed by atoms with Crippen molar-refractivity contribution in [2.24, 2.45) is 5.41 Å². The predicted octanol–water partition coefficient (Wildman–Crippen LogP) is 4.43. The lowest BCUT2D eigenvalue weighted by Crippen LogP contribution is -2.73. The van der Waals surface area contributed by atoms with E-state index in [4.69, 9.17) is 9.84 Å². The van der Waals surface area contributed by atoms with Gasteiger partial charge in [-0.1, -0.05) is 57.0 Å². The Kier molecular flexibility index (Phi) is 6.95. The molecule has 0 aromatic heterocycles. The number of carboxylic acids is 1. The maximum absolute atomic E-state index is 13.1. The number of unbranched alkanes of at least 4 members (excludes halogenated alkanes) is 1. The number of rotatable bonds is 9. The van der Waals surface area contributed by atoms with Gasteiger partial charge in [0, 0.05) is 6.54 Å². The second kappa shape index (κ2) is 9.64. The van der Waals surface area contributed by atoms with Crippen molar-refractivity contribution >= 4 is 17.9 Å². The van der Waals surface area contributed by atoms with Crippen LogP contribution in [-0.4, -0.2) is 34.1 Å². The summed E-state index contributed by atoms with van der Waals surface area (Å²) in [5.74, 6) is -0.850. The second-order valence-electron chi connectivity index (χ2n) is 7.73. The average molecular weight is 424 g/mol. The van der Waals surface area contributed by atoms with Gasteiger partial charge < -0.3 is 15.2 Å². The number of urea groups is 1. The van der Waals surface area contributed by atoms with Crippen LogP contribution in [0.1, 0.15) is 55.5 Å². The molecule has 164 valence electrons. The fraction of sp³-hybridized carbons (Fsp3) is 0.375. The number of carboxylic acid groups (broad SMARTS) is 1. The number of carbonyl (C=O) groups excluding carboxylic acids is 2. The lowest BCUT2D eigenvalue weighted by molar-refractivity contribution is -0.191. The number of nitrogens with zero attached hydrogens (tertiary/aromatic N) is 1. The van der Waals surface area contributed by atoms with E-state index >= 15 is 0 Å². The van der Waals surface area contributed by atoms with Gasteiger partial charge in [-0.3, -0.25) is 4.79 Å². The van der Waals surface area contributed by atoms with E-state index < -0.39 is 23.6 Å². The van der Waals surface area contributed by atoms with Crippen molar-refractivity contribution in [2.75, 3.05) is 0 Å². The molecule has 0 saturated carbocycles. The van der Waals surface area contributed by atoms with Gasteiger partial charge in [0.15, 0.2) is 6.23 Å². The summed E-state index contributed by atoms with van der Waals surface area (Å²) in [6.07, 6.45) is 2.19. The Morgan fingerprint density at radius 3 is 2.35 bits per heavy atom. The standard InChI is InChI=1S/C24H28N2O5/c1-3-5-15-24(4-2)21(29)26(23(30)25-16-17-9-7-6-8-10-17)22(24)31-19-13-11-18(12-14-19)20(27)28/h6-14,22H,3-5,15-16H2,1-2H3,(H,25,30)(H,27,28)/t22-,24+/m0/s1. The number of benzene rings is 2. The minimum atomic E-state index is -1.03. The Labute approximate surface area is 182 Å². The number of β-lactam (4-membered cyclic amide) rings is 1. The number of hydrogen-bond donors (Lipinski definition) is 2. The molecule has 3 amide bonds. The highest BCUT2D eigenvalue weighted by Crippen LogP contribution is 2.47. The van der Waals surface area contributed by atoms with E-state index in [9.17, 15) is 14.4 Å². The number of aromatic carboxylic acids is 1. The number of amides is 3. The van der Waals surface area contributed by atoms with Gasteiger partial charge in [-0.05, 0) is 42.7 Å². The third kappa shape index (κ3) is 4.55. The molecule has 0 aliphatic carbocycles. The van der Waals surface area contributed by atoms with Crippen molar-refractivity contribution in [2.45, 2.75) is 52.3 Å². The molecule has 0 radical (unpaired) electrons. The Morgan fingerprint density at radius 1 is 1.10 bits per heavy atom. The first kappa shape index (κ1) is 22.3. The maximum Gasteiger partial charge on any atom is 0.335 e. The van der Waals surface area contributed by atoms with Crippen LogP contribution in [0.25, 0.3) is 0 Å². The highest BCUT2D eigenvalue weighted by atomic mass is 16.5. The van der Waals surface area contributed by atoms with Crippen LogP contribution in [0.3, 0.4) is 0 Å². The van der Waals surface area contributed by atoms with Gasteiger partial charge in [0.05, 0.1) is 5.56 Å². The number of ether oxygens (including phenoxy) is 1. The van der Waals surface area contributed by atoms with Crippen molar-refractivity contribution in [3.05, 3.63) is 65.7 Å². The molecule has 1 fully saturated rings. The number of imide groups is 1. The first-order valence-corrected chi connectivity index (χ1v) is 10.6. The average Bonchev–Trinajstić information content (AvgIpc) is 2.79. The van der Waals surface area contributed by atoms with E-state index in [-0.39, 0.29) is 11.5 Å². The highest BCUT2D eigenvalue weighted by Gasteiger charge is 2.63. The van der Waals surface area contributed by atoms with Gasteiger partial charge >= 0.3 is 12.0 Å². The molecule has 2 aromatic carbocycles. The highest BCUT2D eigenvalue weighted by molar-refractivity contribution is 6.03. The van der Waals surface area contributed by atoms with Crippen LogP contribution in [0.4, 0.5) is 4.79 Å². The van der Waals surface area contributed by atoms with Gasteiger partial charge in [0.2, 0.25) is 5.91 Å². The molecule has 7 nitrogen and oxygen atoms in total.